The zero-order valence-electron chi connectivity index (χ0n) is 13.1. The molecular formula is C18H18N2O3S. The predicted molar refractivity (Wildman–Crippen MR) is 91.7 cm³/mol. The maximum absolute atomic E-state index is 12.1. The fourth-order valence-electron chi connectivity index (χ4n) is 2.83. The van der Waals surface area contributed by atoms with Crippen LogP contribution in [0.15, 0.2) is 58.4 Å². The molecule has 1 aliphatic heterocycles. The van der Waals surface area contributed by atoms with Gasteiger partial charge in [-0.1, -0.05) is 30.3 Å². The highest BCUT2D eigenvalue weighted by atomic mass is 32.2. The Hall–Kier alpha value is -2.34. The Labute approximate surface area is 141 Å². The molecule has 0 aromatic heterocycles. The number of hydrogen-bond acceptors (Lipinski definition) is 4. The van der Waals surface area contributed by atoms with Gasteiger partial charge in [0.15, 0.2) is 0 Å². The monoisotopic (exact) mass is 342 g/mol. The van der Waals surface area contributed by atoms with Gasteiger partial charge in [-0.3, -0.25) is 9.71 Å². The molecule has 24 heavy (non-hydrogen) atoms. The lowest BCUT2D eigenvalue weighted by Gasteiger charge is -2.27. The molecule has 2 aromatic carbocycles. The van der Waals surface area contributed by atoms with Crippen LogP contribution in [-0.4, -0.2) is 20.4 Å². The Morgan fingerprint density at radius 1 is 1.08 bits per heavy atom. The molecule has 1 heterocycles. The van der Waals surface area contributed by atoms with Gasteiger partial charge in [0.1, 0.15) is 11.6 Å². The second-order valence-electron chi connectivity index (χ2n) is 6.04. The van der Waals surface area contributed by atoms with Crippen molar-refractivity contribution in [2.24, 2.45) is 4.99 Å². The highest BCUT2D eigenvalue weighted by molar-refractivity contribution is 7.90. The van der Waals surface area contributed by atoms with Crippen molar-refractivity contribution in [1.82, 2.24) is 4.72 Å². The van der Waals surface area contributed by atoms with Crippen LogP contribution in [0.25, 0.3) is 0 Å². The van der Waals surface area contributed by atoms with Crippen LogP contribution in [0, 0.1) is 0 Å². The third-order valence-electron chi connectivity index (χ3n) is 4.39. The minimum absolute atomic E-state index is 0.280. The van der Waals surface area contributed by atoms with Crippen LogP contribution in [0.5, 0.6) is 5.75 Å². The molecule has 0 amide bonds. The van der Waals surface area contributed by atoms with Crippen LogP contribution in [-0.2, 0) is 16.6 Å². The summed E-state index contributed by atoms with van der Waals surface area (Å²) in [6, 6.07) is 14.7. The van der Waals surface area contributed by atoms with Crippen LogP contribution in [0.4, 0.5) is 0 Å². The summed E-state index contributed by atoms with van der Waals surface area (Å²) in [5, 5.41) is 0. The van der Waals surface area contributed by atoms with Crippen molar-refractivity contribution in [3.8, 4) is 5.75 Å². The van der Waals surface area contributed by atoms with E-state index in [-0.39, 0.29) is 4.90 Å². The van der Waals surface area contributed by atoms with Gasteiger partial charge in [-0.05, 0) is 37.5 Å². The number of ether oxygens (including phenoxy) is 1. The van der Waals surface area contributed by atoms with Gasteiger partial charge in [0, 0.05) is 11.1 Å². The summed E-state index contributed by atoms with van der Waals surface area (Å²) < 4.78 is 32.8. The lowest BCUT2D eigenvalue weighted by molar-refractivity contribution is 0.119. The highest BCUT2D eigenvalue weighted by Gasteiger charge is 2.30. The van der Waals surface area contributed by atoms with E-state index >= 15 is 0 Å². The molecule has 2 aromatic rings. The van der Waals surface area contributed by atoms with Gasteiger partial charge in [-0.15, -0.1) is 0 Å². The molecule has 1 fully saturated rings. The third kappa shape index (κ3) is 2.78. The zero-order chi connectivity index (χ0) is 16.6. The summed E-state index contributed by atoms with van der Waals surface area (Å²) in [7, 11) is -3.50. The number of amidine groups is 1. The van der Waals surface area contributed by atoms with Crippen LogP contribution in [0.2, 0.25) is 0 Å². The molecular weight excluding hydrogens is 324 g/mol. The van der Waals surface area contributed by atoms with E-state index in [2.05, 4.69) is 9.71 Å². The quantitative estimate of drug-likeness (QED) is 0.929. The lowest BCUT2D eigenvalue weighted by atomic mass is 9.96. The van der Waals surface area contributed by atoms with Gasteiger partial charge in [0.25, 0.3) is 10.0 Å². The van der Waals surface area contributed by atoms with Gasteiger partial charge in [-0.2, -0.15) is 0 Å². The number of benzene rings is 2. The van der Waals surface area contributed by atoms with Gasteiger partial charge in [-0.25, -0.2) is 8.42 Å². The molecule has 0 spiro atoms. The molecule has 0 unspecified atom stereocenters. The molecule has 1 aliphatic carbocycles. The Morgan fingerprint density at radius 3 is 2.62 bits per heavy atom. The fraction of sp³-hybridized carbons (Fsp3) is 0.278. The van der Waals surface area contributed by atoms with E-state index in [0.29, 0.717) is 24.0 Å². The Balaban J connectivity index is 1.60. The van der Waals surface area contributed by atoms with E-state index in [0.717, 1.165) is 24.2 Å². The molecule has 1 N–H and O–H groups in total. The number of aliphatic imine (C=N–C) groups is 1. The summed E-state index contributed by atoms with van der Waals surface area (Å²) in [6.45, 7) is 0.370. The first-order chi connectivity index (χ1) is 11.6. The maximum Gasteiger partial charge on any atom is 0.263 e. The first-order valence-electron chi connectivity index (χ1n) is 8.05. The molecule has 0 radical (unpaired) electrons. The molecule has 124 valence electrons. The fourth-order valence-corrected chi connectivity index (χ4v) is 4.08. The van der Waals surface area contributed by atoms with E-state index in [9.17, 15) is 8.42 Å². The first kappa shape index (κ1) is 15.2. The van der Waals surface area contributed by atoms with Crippen molar-refractivity contribution in [1.29, 1.82) is 0 Å². The van der Waals surface area contributed by atoms with Gasteiger partial charge >= 0.3 is 0 Å². The second-order valence-corrected chi connectivity index (χ2v) is 7.70. The molecule has 0 saturated heterocycles. The van der Waals surface area contributed by atoms with E-state index in [1.807, 2.05) is 30.3 Å². The highest BCUT2D eigenvalue weighted by Crippen LogP contribution is 2.28. The number of rotatable bonds is 4. The summed E-state index contributed by atoms with van der Waals surface area (Å²) in [5.74, 6) is 1.23. The maximum atomic E-state index is 12.1. The molecule has 0 bridgehead atoms. The zero-order valence-corrected chi connectivity index (χ0v) is 13.9. The van der Waals surface area contributed by atoms with Crippen molar-refractivity contribution in [3.05, 3.63) is 59.7 Å². The summed E-state index contributed by atoms with van der Waals surface area (Å²) >= 11 is 0. The van der Waals surface area contributed by atoms with E-state index in [1.165, 1.54) is 6.42 Å². The molecule has 5 nitrogen and oxygen atoms in total. The molecule has 6 heteroatoms. The molecule has 4 rings (SSSR count). The van der Waals surface area contributed by atoms with Crippen LogP contribution in [0.3, 0.4) is 0 Å². The number of nitrogens with one attached hydrogen (secondary N) is 1. The van der Waals surface area contributed by atoms with Gasteiger partial charge in [0.2, 0.25) is 0 Å². The summed E-state index contributed by atoms with van der Waals surface area (Å²) in [6.07, 6.45) is 3.70. The Kier molecular flexibility index (Phi) is 3.76. The van der Waals surface area contributed by atoms with E-state index in [4.69, 9.17) is 4.74 Å². The average molecular weight is 342 g/mol. The number of nitrogens with zero attached hydrogens (tertiary/aromatic N) is 1. The van der Waals surface area contributed by atoms with Crippen molar-refractivity contribution in [2.45, 2.75) is 36.8 Å². The van der Waals surface area contributed by atoms with Gasteiger partial charge in [0.05, 0.1) is 17.5 Å². The van der Waals surface area contributed by atoms with E-state index in [1.54, 1.807) is 18.2 Å². The molecule has 1 saturated carbocycles. The largest absolute Gasteiger partial charge is 0.490 e. The van der Waals surface area contributed by atoms with E-state index < -0.39 is 10.0 Å². The standard InChI is InChI=1S/C18H18N2O3S/c21-24(22)17-11-4-2-9-15(17)18(20-24)19-12-13-6-1-3-10-16(13)23-14-7-5-8-14/h1-4,6,9-11,14H,5,7-8,12H2,(H,19,20). The second kappa shape index (κ2) is 5.94. The van der Waals surface area contributed by atoms with Crippen molar-refractivity contribution >= 4 is 15.9 Å². The topological polar surface area (TPSA) is 67.8 Å². The molecule has 0 atom stereocenters. The number of fused-ring (bicyclic) bond motifs is 1. The Bertz CT molecular complexity index is 902. The normalized spacial score (nSPS) is 20.2. The van der Waals surface area contributed by atoms with Gasteiger partial charge < -0.3 is 4.74 Å². The minimum Gasteiger partial charge on any atom is -0.490 e. The Morgan fingerprint density at radius 2 is 1.83 bits per heavy atom. The van der Waals surface area contributed by atoms with Crippen molar-refractivity contribution in [3.63, 3.8) is 0 Å². The average Bonchev–Trinajstić information content (AvgIpc) is 2.81. The predicted octanol–water partition coefficient (Wildman–Crippen LogP) is 2.86. The molecule has 2 aliphatic rings. The van der Waals surface area contributed by atoms with Crippen LogP contribution >= 0.6 is 0 Å². The van der Waals surface area contributed by atoms with Crippen molar-refractivity contribution < 1.29 is 13.2 Å². The number of sulfonamides is 1. The van der Waals surface area contributed by atoms with Crippen LogP contribution in [0.1, 0.15) is 30.4 Å². The smallest absolute Gasteiger partial charge is 0.263 e. The summed E-state index contributed by atoms with van der Waals surface area (Å²) in [5.41, 5.74) is 1.58. The third-order valence-corrected chi connectivity index (χ3v) is 5.79. The minimum atomic E-state index is -3.50. The number of hydrogen-bond donors (Lipinski definition) is 1. The first-order valence-corrected chi connectivity index (χ1v) is 9.53. The lowest BCUT2D eigenvalue weighted by Crippen LogP contribution is -2.25. The number of para-hydroxylation sites is 1. The van der Waals surface area contributed by atoms with Crippen LogP contribution < -0.4 is 9.46 Å². The van der Waals surface area contributed by atoms with Crippen molar-refractivity contribution in [2.75, 3.05) is 0 Å². The SMILES string of the molecule is O=S1(=O)NC(=NCc2ccccc2OC2CCC2)c2ccccc21. The summed E-state index contributed by atoms with van der Waals surface area (Å²) in [4.78, 5) is 4.77.